The van der Waals surface area contributed by atoms with Crippen LogP contribution in [0.25, 0.3) is 22.3 Å². The Morgan fingerprint density at radius 3 is 2.84 bits per heavy atom. The summed E-state index contributed by atoms with van der Waals surface area (Å²) in [6, 6.07) is 12.3. The highest BCUT2D eigenvalue weighted by atomic mass is 16.5. The van der Waals surface area contributed by atoms with Crippen LogP contribution in [0.2, 0.25) is 0 Å². The predicted octanol–water partition coefficient (Wildman–Crippen LogP) is 3.45. The first-order valence-electron chi connectivity index (χ1n) is 12.6. The summed E-state index contributed by atoms with van der Waals surface area (Å²) >= 11 is 0. The monoisotopic (exact) mass is 498 g/mol. The third-order valence-corrected chi connectivity index (χ3v) is 6.74. The third kappa shape index (κ3) is 5.11. The fourth-order valence-electron chi connectivity index (χ4n) is 4.77. The molecule has 1 aromatic carbocycles. The van der Waals surface area contributed by atoms with Crippen molar-refractivity contribution in [3.05, 3.63) is 55.0 Å². The summed E-state index contributed by atoms with van der Waals surface area (Å²) in [6.45, 7) is 5.14. The average molecular weight is 499 g/mol. The van der Waals surface area contributed by atoms with Gasteiger partial charge in [0.25, 0.3) is 0 Å². The lowest BCUT2D eigenvalue weighted by molar-refractivity contribution is 0.122. The minimum Gasteiger partial charge on any atom is -0.494 e. The van der Waals surface area contributed by atoms with Crippen LogP contribution in [0.1, 0.15) is 6.42 Å². The number of rotatable bonds is 7. The van der Waals surface area contributed by atoms with Gasteiger partial charge in [0, 0.05) is 60.8 Å². The Kier molecular flexibility index (Phi) is 6.66. The molecule has 5 heterocycles. The van der Waals surface area contributed by atoms with Crippen LogP contribution in [-0.4, -0.2) is 72.5 Å². The lowest BCUT2D eigenvalue weighted by atomic mass is 10.2. The molecule has 10 heteroatoms. The Morgan fingerprint density at radius 1 is 1.08 bits per heavy atom. The quantitative estimate of drug-likeness (QED) is 0.350. The van der Waals surface area contributed by atoms with E-state index >= 15 is 0 Å². The minimum absolute atomic E-state index is 0.335. The largest absolute Gasteiger partial charge is 0.494 e. The second-order valence-electron chi connectivity index (χ2n) is 9.16. The van der Waals surface area contributed by atoms with E-state index in [1.165, 1.54) is 0 Å². The first-order chi connectivity index (χ1) is 18.3. The maximum atomic E-state index is 5.70. The number of nitrogens with zero attached hydrogens (tertiary/aromatic N) is 5. The van der Waals surface area contributed by atoms with Crippen LogP contribution in [0.15, 0.2) is 55.0 Å². The zero-order valence-electron chi connectivity index (χ0n) is 20.8. The molecule has 0 bridgehead atoms. The first kappa shape index (κ1) is 23.4. The highest BCUT2D eigenvalue weighted by Crippen LogP contribution is 2.33. The molecule has 3 N–H and O–H groups in total. The van der Waals surface area contributed by atoms with Crippen molar-refractivity contribution in [1.29, 1.82) is 0 Å². The molecule has 37 heavy (non-hydrogen) atoms. The molecule has 2 aliphatic heterocycles. The zero-order chi connectivity index (χ0) is 25.0. The van der Waals surface area contributed by atoms with Crippen LogP contribution in [0.3, 0.4) is 0 Å². The Bertz CT molecular complexity index is 1390. The van der Waals surface area contributed by atoms with Gasteiger partial charge in [0.2, 0.25) is 0 Å². The van der Waals surface area contributed by atoms with Gasteiger partial charge in [0.05, 0.1) is 37.7 Å². The molecule has 10 nitrogen and oxygen atoms in total. The van der Waals surface area contributed by atoms with Gasteiger partial charge in [-0.1, -0.05) is 0 Å². The van der Waals surface area contributed by atoms with E-state index in [4.69, 9.17) is 19.4 Å². The lowest BCUT2D eigenvalue weighted by Gasteiger charge is -2.29. The molecule has 2 fully saturated rings. The van der Waals surface area contributed by atoms with Gasteiger partial charge in [0.15, 0.2) is 5.82 Å². The second-order valence-corrected chi connectivity index (χ2v) is 9.16. The Hall–Kier alpha value is -4.02. The molecule has 3 aromatic heterocycles. The van der Waals surface area contributed by atoms with Gasteiger partial charge in [-0.2, -0.15) is 0 Å². The number of anilines is 4. The smallest absolute Gasteiger partial charge is 0.162 e. The van der Waals surface area contributed by atoms with Gasteiger partial charge in [-0.15, -0.1) is 0 Å². The van der Waals surface area contributed by atoms with Gasteiger partial charge in [-0.25, -0.2) is 15.0 Å². The van der Waals surface area contributed by atoms with Crippen molar-refractivity contribution in [2.24, 2.45) is 0 Å². The van der Waals surface area contributed by atoms with E-state index in [-0.39, 0.29) is 0 Å². The van der Waals surface area contributed by atoms with Crippen LogP contribution >= 0.6 is 0 Å². The fourth-order valence-corrected chi connectivity index (χ4v) is 4.77. The summed E-state index contributed by atoms with van der Waals surface area (Å²) < 4.78 is 11.2. The number of methoxy groups -OCH3 is 1. The number of hydrogen-bond acceptors (Lipinski definition) is 10. The van der Waals surface area contributed by atoms with Gasteiger partial charge in [-0.3, -0.25) is 4.98 Å². The van der Waals surface area contributed by atoms with Crippen molar-refractivity contribution < 1.29 is 9.47 Å². The second kappa shape index (κ2) is 10.5. The number of morpholine rings is 1. The van der Waals surface area contributed by atoms with E-state index < -0.39 is 0 Å². The summed E-state index contributed by atoms with van der Waals surface area (Å²) in [4.78, 5) is 20.8. The van der Waals surface area contributed by atoms with Crippen molar-refractivity contribution >= 4 is 33.9 Å². The molecule has 1 atom stereocenters. The van der Waals surface area contributed by atoms with Crippen molar-refractivity contribution in [3.8, 4) is 17.1 Å². The number of fused-ring (bicyclic) bond motifs is 1. The van der Waals surface area contributed by atoms with E-state index in [1.54, 1.807) is 25.7 Å². The van der Waals surface area contributed by atoms with Crippen molar-refractivity contribution in [2.75, 3.05) is 62.0 Å². The first-order valence-corrected chi connectivity index (χ1v) is 12.6. The summed E-state index contributed by atoms with van der Waals surface area (Å²) in [7, 11) is 1.68. The van der Waals surface area contributed by atoms with Crippen molar-refractivity contribution in [3.63, 3.8) is 0 Å². The average Bonchev–Trinajstić information content (AvgIpc) is 3.47. The van der Waals surface area contributed by atoms with E-state index in [9.17, 15) is 0 Å². The van der Waals surface area contributed by atoms with Crippen LogP contribution in [0.4, 0.5) is 23.0 Å². The normalized spacial score (nSPS) is 17.6. The molecular weight excluding hydrogens is 468 g/mol. The minimum atomic E-state index is 0.335. The molecule has 0 unspecified atom stereocenters. The van der Waals surface area contributed by atoms with E-state index in [2.05, 4.69) is 36.9 Å². The van der Waals surface area contributed by atoms with Crippen LogP contribution in [-0.2, 0) is 4.74 Å². The Labute approximate surface area is 215 Å². The number of aromatic nitrogens is 4. The van der Waals surface area contributed by atoms with E-state index in [0.717, 1.165) is 85.2 Å². The third-order valence-electron chi connectivity index (χ3n) is 6.74. The molecule has 0 saturated carbocycles. The van der Waals surface area contributed by atoms with Gasteiger partial charge in [-0.05, 0) is 43.3 Å². The number of ether oxygens (including phenoxy) is 2. The molecule has 0 spiro atoms. The molecular formula is C27H30N8O2. The maximum Gasteiger partial charge on any atom is 0.162 e. The SMILES string of the molecule is COc1cc(N2CCOCC2)ccc1Nc1cc(-c2nc(N[C@@H]3CCNC3)c3ccncc3n2)ccn1. The number of hydrogen-bond donors (Lipinski definition) is 3. The van der Waals surface area contributed by atoms with Crippen LogP contribution < -0.4 is 25.6 Å². The Morgan fingerprint density at radius 2 is 2.00 bits per heavy atom. The highest BCUT2D eigenvalue weighted by Gasteiger charge is 2.18. The molecule has 2 saturated heterocycles. The summed E-state index contributed by atoms with van der Waals surface area (Å²) in [5.74, 6) is 2.87. The number of nitrogens with one attached hydrogen (secondary N) is 3. The van der Waals surface area contributed by atoms with Crippen LogP contribution in [0.5, 0.6) is 5.75 Å². The van der Waals surface area contributed by atoms with Gasteiger partial charge >= 0.3 is 0 Å². The Balaban J connectivity index is 1.28. The molecule has 4 aromatic rings. The zero-order valence-corrected chi connectivity index (χ0v) is 20.8. The van der Waals surface area contributed by atoms with Crippen LogP contribution in [0, 0.1) is 0 Å². The summed E-state index contributed by atoms with van der Waals surface area (Å²) in [6.07, 6.45) is 6.37. The molecule has 190 valence electrons. The lowest BCUT2D eigenvalue weighted by Crippen LogP contribution is -2.36. The number of pyridine rings is 2. The van der Waals surface area contributed by atoms with E-state index in [0.29, 0.717) is 17.7 Å². The van der Waals surface area contributed by atoms with Gasteiger partial charge in [0.1, 0.15) is 17.4 Å². The standard InChI is InChI=1S/C27H30N8O2/c1-36-24-15-20(35-10-12-37-13-11-35)2-3-22(24)32-25-14-18(4-9-30-25)26-33-23-17-29-8-6-21(23)27(34-26)31-19-5-7-28-16-19/h2-4,6,8-9,14-15,17,19,28H,5,7,10-13,16H2,1H3,(H,30,32)(H,31,33,34)/t19-/m1/s1. The highest BCUT2D eigenvalue weighted by molar-refractivity contribution is 5.90. The molecule has 0 aliphatic carbocycles. The fraction of sp³-hybridized carbons (Fsp3) is 0.333. The van der Waals surface area contributed by atoms with Crippen molar-refractivity contribution in [1.82, 2.24) is 25.3 Å². The molecule has 0 amide bonds. The van der Waals surface area contributed by atoms with E-state index in [1.807, 2.05) is 30.3 Å². The maximum absolute atomic E-state index is 5.70. The van der Waals surface area contributed by atoms with Crippen molar-refractivity contribution in [2.45, 2.75) is 12.5 Å². The molecule has 6 rings (SSSR count). The molecule has 0 radical (unpaired) electrons. The number of benzene rings is 1. The summed E-state index contributed by atoms with van der Waals surface area (Å²) in [5, 5.41) is 11.4. The summed E-state index contributed by atoms with van der Waals surface area (Å²) in [5.41, 5.74) is 3.61. The van der Waals surface area contributed by atoms with Gasteiger partial charge < -0.3 is 30.3 Å². The molecule has 2 aliphatic rings. The topological polar surface area (TPSA) is 109 Å². The predicted molar refractivity (Wildman–Crippen MR) is 145 cm³/mol.